The van der Waals surface area contributed by atoms with E-state index in [1.54, 1.807) is 23.7 Å². The van der Waals surface area contributed by atoms with Crippen LogP contribution in [0.1, 0.15) is 34.5 Å². The number of nitrogens with one attached hydrogen (secondary N) is 1. The van der Waals surface area contributed by atoms with Gasteiger partial charge in [0.15, 0.2) is 0 Å². The van der Waals surface area contributed by atoms with Crippen LogP contribution in [0.15, 0.2) is 29.3 Å². The van der Waals surface area contributed by atoms with Gasteiger partial charge in [0, 0.05) is 25.1 Å². The summed E-state index contributed by atoms with van der Waals surface area (Å²) >= 11 is 0. The lowest BCUT2D eigenvalue weighted by molar-refractivity contribution is 0.102. The number of pyridine rings is 1. The average molecular weight is 284 g/mol. The standard InChI is InChI=1S/C15H16N4O2/c1-19-12-6-3-2-5-10(12)9-11(14(19)21)13(20)18-15-16-7-4-8-17-15/h4,7-9H,2-3,5-6H2,1H3,(H,16,17,18,20). The molecular weight excluding hydrogens is 268 g/mol. The van der Waals surface area contributed by atoms with Crippen LogP contribution < -0.4 is 10.9 Å². The topological polar surface area (TPSA) is 76.9 Å². The molecule has 0 radical (unpaired) electrons. The van der Waals surface area contributed by atoms with E-state index in [0.29, 0.717) is 0 Å². The van der Waals surface area contributed by atoms with E-state index in [0.717, 1.165) is 36.9 Å². The molecule has 0 saturated heterocycles. The van der Waals surface area contributed by atoms with E-state index >= 15 is 0 Å². The van der Waals surface area contributed by atoms with Gasteiger partial charge in [-0.05, 0) is 43.4 Å². The highest BCUT2D eigenvalue weighted by Crippen LogP contribution is 2.20. The van der Waals surface area contributed by atoms with Crippen molar-refractivity contribution in [1.82, 2.24) is 14.5 Å². The molecule has 6 heteroatoms. The second-order valence-corrected chi connectivity index (χ2v) is 5.13. The van der Waals surface area contributed by atoms with E-state index in [1.807, 2.05) is 0 Å². The van der Waals surface area contributed by atoms with E-state index in [1.165, 1.54) is 12.4 Å². The Morgan fingerprint density at radius 3 is 2.71 bits per heavy atom. The number of hydrogen-bond donors (Lipinski definition) is 1. The van der Waals surface area contributed by atoms with E-state index in [9.17, 15) is 9.59 Å². The molecule has 108 valence electrons. The van der Waals surface area contributed by atoms with Crippen LogP contribution in [0, 0.1) is 0 Å². The van der Waals surface area contributed by atoms with Gasteiger partial charge in [0.1, 0.15) is 5.56 Å². The van der Waals surface area contributed by atoms with Crippen LogP contribution >= 0.6 is 0 Å². The first-order chi connectivity index (χ1) is 10.2. The monoisotopic (exact) mass is 284 g/mol. The largest absolute Gasteiger partial charge is 0.315 e. The van der Waals surface area contributed by atoms with Crippen LogP contribution in [0.3, 0.4) is 0 Å². The van der Waals surface area contributed by atoms with Gasteiger partial charge in [0.25, 0.3) is 11.5 Å². The van der Waals surface area contributed by atoms with Gasteiger partial charge < -0.3 is 4.57 Å². The number of rotatable bonds is 2. The molecule has 1 amide bonds. The molecule has 3 rings (SSSR count). The molecule has 0 aliphatic heterocycles. The molecule has 6 nitrogen and oxygen atoms in total. The number of carbonyl (C=O) groups is 1. The lowest BCUT2D eigenvalue weighted by Crippen LogP contribution is -2.31. The predicted molar refractivity (Wildman–Crippen MR) is 78.3 cm³/mol. The average Bonchev–Trinajstić information content (AvgIpc) is 2.52. The number of aryl methyl sites for hydroxylation is 1. The van der Waals surface area contributed by atoms with E-state index < -0.39 is 5.91 Å². The Morgan fingerprint density at radius 1 is 1.24 bits per heavy atom. The molecule has 0 spiro atoms. The van der Waals surface area contributed by atoms with Crippen molar-refractivity contribution in [3.63, 3.8) is 0 Å². The molecule has 1 N–H and O–H groups in total. The summed E-state index contributed by atoms with van der Waals surface area (Å²) in [6.07, 6.45) is 7.05. The third-order valence-corrected chi connectivity index (χ3v) is 3.77. The van der Waals surface area contributed by atoms with Crippen LogP contribution in [0.25, 0.3) is 0 Å². The number of aromatic nitrogens is 3. The van der Waals surface area contributed by atoms with Gasteiger partial charge in [-0.15, -0.1) is 0 Å². The molecule has 0 unspecified atom stereocenters. The summed E-state index contributed by atoms with van der Waals surface area (Å²) in [7, 11) is 1.72. The number of fused-ring (bicyclic) bond motifs is 1. The predicted octanol–water partition coefficient (Wildman–Crippen LogP) is 1.31. The lowest BCUT2D eigenvalue weighted by Gasteiger charge is -2.19. The Morgan fingerprint density at radius 2 is 1.95 bits per heavy atom. The second-order valence-electron chi connectivity index (χ2n) is 5.13. The van der Waals surface area contributed by atoms with Crippen LogP contribution in [0.2, 0.25) is 0 Å². The van der Waals surface area contributed by atoms with Crippen LogP contribution in [0.4, 0.5) is 5.95 Å². The maximum Gasteiger partial charge on any atom is 0.263 e. The van der Waals surface area contributed by atoms with Gasteiger partial charge in [-0.2, -0.15) is 0 Å². The van der Waals surface area contributed by atoms with Crippen molar-refractivity contribution in [1.29, 1.82) is 0 Å². The fourth-order valence-electron chi connectivity index (χ4n) is 2.69. The zero-order valence-corrected chi connectivity index (χ0v) is 11.8. The van der Waals surface area contributed by atoms with Crippen molar-refractivity contribution in [3.8, 4) is 0 Å². The van der Waals surface area contributed by atoms with Gasteiger partial charge in [-0.25, -0.2) is 9.97 Å². The molecule has 0 saturated carbocycles. The second kappa shape index (κ2) is 5.47. The first kappa shape index (κ1) is 13.5. The summed E-state index contributed by atoms with van der Waals surface area (Å²) in [6, 6.07) is 3.38. The molecular formula is C15H16N4O2. The highest BCUT2D eigenvalue weighted by Gasteiger charge is 2.20. The number of hydrogen-bond acceptors (Lipinski definition) is 4. The Bertz CT molecular complexity index is 737. The first-order valence-corrected chi connectivity index (χ1v) is 6.97. The molecule has 21 heavy (non-hydrogen) atoms. The third-order valence-electron chi connectivity index (χ3n) is 3.77. The molecule has 0 atom stereocenters. The summed E-state index contributed by atoms with van der Waals surface area (Å²) in [5, 5.41) is 2.56. The van der Waals surface area contributed by atoms with E-state index in [-0.39, 0.29) is 17.1 Å². The van der Waals surface area contributed by atoms with Crippen molar-refractivity contribution in [2.75, 3.05) is 5.32 Å². The molecule has 1 aliphatic rings. The van der Waals surface area contributed by atoms with E-state index in [4.69, 9.17) is 0 Å². The van der Waals surface area contributed by atoms with Crippen molar-refractivity contribution in [3.05, 3.63) is 51.7 Å². The fourth-order valence-corrected chi connectivity index (χ4v) is 2.69. The minimum absolute atomic E-state index is 0.144. The van der Waals surface area contributed by atoms with Gasteiger partial charge in [0.05, 0.1) is 0 Å². The van der Waals surface area contributed by atoms with Crippen molar-refractivity contribution in [2.24, 2.45) is 7.05 Å². The van der Waals surface area contributed by atoms with Gasteiger partial charge in [-0.1, -0.05) is 0 Å². The van der Waals surface area contributed by atoms with Crippen LogP contribution in [0.5, 0.6) is 0 Å². The number of carbonyl (C=O) groups excluding carboxylic acids is 1. The Balaban J connectivity index is 1.97. The highest BCUT2D eigenvalue weighted by molar-refractivity contribution is 6.03. The Labute approximate surface area is 121 Å². The van der Waals surface area contributed by atoms with Crippen LogP contribution in [-0.4, -0.2) is 20.4 Å². The van der Waals surface area contributed by atoms with Gasteiger partial charge in [-0.3, -0.25) is 14.9 Å². The molecule has 2 aromatic rings. The summed E-state index contributed by atoms with van der Waals surface area (Å²) in [4.78, 5) is 32.5. The zero-order chi connectivity index (χ0) is 14.8. The Hall–Kier alpha value is -2.50. The summed E-state index contributed by atoms with van der Waals surface area (Å²) in [6.45, 7) is 0. The minimum Gasteiger partial charge on any atom is -0.315 e. The normalized spacial score (nSPS) is 13.6. The maximum absolute atomic E-state index is 12.3. The zero-order valence-electron chi connectivity index (χ0n) is 11.8. The molecule has 0 bridgehead atoms. The molecule has 0 aromatic carbocycles. The highest BCUT2D eigenvalue weighted by atomic mass is 16.2. The number of amides is 1. The first-order valence-electron chi connectivity index (χ1n) is 6.97. The number of anilines is 1. The SMILES string of the molecule is Cn1c2c(cc(C(=O)Nc3ncccn3)c1=O)CCCC2. The quantitative estimate of drug-likeness (QED) is 0.902. The molecule has 2 aromatic heterocycles. The van der Waals surface area contributed by atoms with Gasteiger partial charge >= 0.3 is 0 Å². The minimum atomic E-state index is -0.463. The number of nitrogens with zero attached hydrogens (tertiary/aromatic N) is 3. The van der Waals surface area contributed by atoms with Gasteiger partial charge in [0.2, 0.25) is 5.95 Å². The molecule has 2 heterocycles. The summed E-state index contributed by atoms with van der Waals surface area (Å²) in [5.74, 6) is -0.266. The van der Waals surface area contributed by atoms with Crippen molar-refractivity contribution in [2.45, 2.75) is 25.7 Å². The smallest absolute Gasteiger partial charge is 0.263 e. The Kier molecular flexibility index (Phi) is 3.51. The van der Waals surface area contributed by atoms with Crippen molar-refractivity contribution < 1.29 is 4.79 Å². The fraction of sp³-hybridized carbons (Fsp3) is 0.333. The van der Waals surface area contributed by atoms with Crippen LogP contribution in [-0.2, 0) is 19.9 Å². The lowest BCUT2D eigenvalue weighted by atomic mass is 9.94. The third kappa shape index (κ3) is 2.56. The molecule has 0 fully saturated rings. The van der Waals surface area contributed by atoms with Crippen molar-refractivity contribution >= 4 is 11.9 Å². The summed E-state index contributed by atoms with van der Waals surface area (Å²) < 4.78 is 1.59. The summed E-state index contributed by atoms with van der Waals surface area (Å²) in [5.41, 5.74) is 2.00. The maximum atomic E-state index is 12.3. The van der Waals surface area contributed by atoms with E-state index in [2.05, 4.69) is 15.3 Å². The molecule has 1 aliphatic carbocycles.